The summed E-state index contributed by atoms with van der Waals surface area (Å²) in [5.74, 6) is 1.93. The summed E-state index contributed by atoms with van der Waals surface area (Å²) in [4.78, 5) is 19.1. The molecule has 0 saturated carbocycles. The van der Waals surface area contributed by atoms with Crippen LogP contribution in [0.1, 0.15) is 28.9 Å². The second-order valence-corrected chi connectivity index (χ2v) is 6.69. The Bertz CT molecular complexity index is 650. The van der Waals surface area contributed by atoms with Crippen molar-refractivity contribution in [2.75, 3.05) is 25.1 Å². The van der Waals surface area contributed by atoms with Gasteiger partial charge in [-0.25, -0.2) is 4.98 Å². The van der Waals surface area contributed by atoms with Gasteiger partial charge in [-0.15, -0.1) is 0 Å². The first-order chi connectivity index (χ1) is 10.2. The number of likely N-dealkylation sites (tertiary alicyclic amines) is 1. The Kier molecular flexibility index (Phi) is 4.19. The zero-order valence-corrected chi connectivity index (χ0v) is 13.4. The topological polar surface area (TPSA) is 37.6 Å². The van der Waals surface area contributed by atoms with Gasteiger partial charge in [0.05, 0.1) is 11.3 Å². The lowest BCUT2D eigenvalue weighted by atomic mass is 9.99. The monoisotopic (exact) mass is 303 g/mol. The predicted molar refractivity (Wildman–Crippen MR) is 86.9 cm³/mol. The summed E-state index contributed by atoms with van der Waals surface area (Å²) in [5.41, 5.74) is 2.62. The molecule has 0 N–H and O–H groups in total. The lowest BCUT2D eigenvalue weighted by Crippen LogP contribution is -2.40. The minimum absolute atomic E-state index is 0.147. The lowest BCUT2D eigenvalue weighted by Gasteiger charge is -2.32. The third-order valence-corrected chi connectivity index (χ3v) is 4.83. The van der Waals surface area contributed by atoms with E-state index in [0.29, 0.717) is 5.92 Å². The molecule has 1 aliphatic rings. The highest BCUT2D eigenvalue weighted by molar-refractivity contribution is 7.98. The van der Waals surface area contributed by atoms with Crippen LogP contribution in [0.3, 0.4) is 0 Å². The van der Waals surface area contributed by atoms with E-state index in [-0.39, 0.29) is 5.91 Å². The van der Waals surface area contributed by atoms with Crippen molar-refractivity contribution in [2.45, 2.75) is 19.8 Å². The Hall–Kier alpha value is -1.49. The summed E-state index contributed by atoms with van der Waals surface area (Å²) in [6.45, 7) is 3.73. The van der Waals surface area contributed by atoms with E-state index in [9.17, 15) is 4.79 Å². The van der Waals surface area contributed by atoms with Gasteiger partial charge in [0.25, 0.3) is 5.91 Å². The highest BCUT2D eigenvalue weighted by Crippen LogP contribution is 2.21. The number of hydrogen-bond acceptors (Lipinski definition) is 3. The van der Waals surface area contributed by atoms with E-state index in [2.05, 4.69) is 11.2 Å². The number of nitrogens with zero attached hydrogens (tertiary/aromatic N) is 3. The van der Waals surface area contributed by atoms with Gasteiger partial charge in [0, 0.05) is 25.5 Å². The molecule has 3 heterocycles. The molecular formula is C16H21N3OS. The van der Waals surface area contributed by atoms with Crippen molar-refractivity contribution in [1.29, 1.82) is 0 Å². The Morgan fingerprint density at radius 3 is 3.10 bits per heavy atom. The van der Waals surface area contributed by atoms with Crippen LogP contribution in [-0.4, -0.2) is 45.3 Å². The number of carbonyl (C=O) groups is 1. The first-order valence-corrected chi connectivity index (χ1v) is 8.80. The number of fused-ring (bicyclic) bond motifs is 1. The number of pyridine rings is 1. The molecule has 5 heteroatoms. The number of rotatable bonds is 3. The molecular weight excluding hydrogens is 282 g/mol. The molecule has 1 atom stereocenters. The van der Waals surface area contributed by atoms with Crippen LogP contribution in [0.5, 0.6) is 0 Å². The number of piperidine rings is 1. The zero-order valence-electron chi connectivity index (χ0n) is 12.6. The van der Waals surface area contributed by atoms with Gasteiger partial charge in [-0.05, 0) is 49.8 Å². The number of thioether (sulfide) groups is 1. The Morgan fingerprint density at radius 2 is 2.29 bits per heavy atom. The van der Waals surface area contributed by atoms with Gasteiger partial charge < -0.3 is 9.30 Å². The number of carbonyl (C=O) groups excluding carboxylic acids is 1. The van der Waals surface area contributed by atoms with Gasteiger partial charge in [0.15, 0.2) is 0 Å². The molecule has 0 bridgehead atoms. The molecule has 1 unspecified atom stereocenters. The minimum atomic E-state index is 0.147. The van der Waals surface area contributed by atoms with Crippen LogP contribution in [-0.2, 0) is 0 Å². The molecule has 1 fully saturated rings. The van der Waals surface area contributed by atoms with Crippen LogP contribution < -0.4 is 0 Å². The third-order valence-electron chi connectivity index (χ3n) is 4.03. The Labute approximate surface area is 129 Å². The number of imidazole rings is 1. The van der Waals surface area contributed by atoms with Crippen molar-refractivity contribution in [3.05, 3.63) is 35.8 Å². The molecule has 0 aromatic carbocycles. The van der Waals surface area contributed by atoms with Crippen molar-refractivity contribution in [3.8, 4) is 0 Å². The first-order valence-electron chi connectivity index (χ1n) is 7.41. The average Bonchev–Trinajstić information content (AvgIpc) is 2.86. The second kappa shape index (κ2) is 6.10. The van der Waals surface area contributed by atoms with E-state index in [1.807, 2.05) is 52.5 Å². The summed E-state index contributed by atoms with van der Waals surface area (Å²) >= 11 is 1.87. The molecule has 3 rings (SSSR count). The summed E-state index contributed by atoms with van der Waals surface area (Å²) in [7, 11) is 0. The van der Waals surface area contributed by atoms with E-state index in [1.54, 1.807) is 0 Å². The largest absolute Gasteiger partial charge is 0.338 e. The molecule has 1 amide bonds. The number of hydrogen-bond donors (Lipinski definition) is 0. The van der Waals surface area contributed by atoms with Crippen molar-refractivity contribution in [3.63, 3.8) is 0 Å². The van der Waals surface area contributed by atoms with Crippen LogP contribution in [0.25, 0.3) is 5.65 Å². The highest BCUT2D eigenvalue weighted by atomic mass is 32.2. The molecule has 0 aliphatic carbocycles. The molecule has 0 spiro atoms. The molecule has 21 heavy (non-hydrogen) atoms. The maximum atomic E-state index is 12.7. The number of aromatic nitrogens is 2. The van der Waals surface area contributed by atoms with Crippen LogP contribution in [0.4, 0.5) is 0 Å². The van der Waals surface area contributed by atoms with Crippen LogP contribution in [0, 0.1) is 12.8 Å². The minimum Gasteiger partial charge on any atom is -0.338 e. The molecule has 112 valence electrons. The smallest absolute Gasteiger partial charge is 0.255 e. The molecule has 2 aromatic heterocycles. The number of aryl methyl sites for hydroxylation is 1. The molecule has 1 aliphatic heterocycles. The van der Waals surface area contributed by atoms with Crippen molar-refractivity contribution < 1.29 is 4.79 Å². The summed E-state index contributed by atoms with van der Waals surface area (Å²) in [5, 5.41) is 0. The van der Waals surface area contributed by atoms with Crippen LogP contribution in [0.2, 0.25) is 0 Å². The fourth-order valence-electron chi connectivity index (χ4n) is 3.05. The SMILES string of the molecule is CSCC1CCCN(C(=O)c2ccc3nc(C)cn3c2)C1. The molecule has 2 aromatic rings. The Balaban J connectivity index is 1.79. The van der Waals surface area contributed by atoms with Gasteiger partial charge >= 0.3 is 0 Å². The Morgan fingerprint density at radius 1 is 1.43 bits per heavy atom. The van der Waals surface area contributed by atoms with E-state index in [4.69, 9.17) is 0 Å². The van der Waals surface area contributed by atoms with E-state index in [1.165, 1.54) is 6.42 Å². The van der Waals surface area contributed by atoms with E-state index >= 15 is 0 Å². The summed E-state index contributed by atoms with van der Waals surface area (Å²) < 4.78 is 1.94. The van der Waals surface area contributed by atoms with Crippen LogP contribution >= 0.6 is 11.8 Å². The summed E-state index contributed by atoms with van der Waals surface area (Å²) in [6.07, 6.45) is 8.35. The quantitative estimate of drug-likeness (QED) is 0.875. The zero-order chi connectivity index (χ0) is 14.8. The lowest BCUT2D eigenvalue weighted by molar-refractivity contribution is 0.0685. The van der Waals surface area contributed by atoms with E-state index < -0.39 is 0 Å². The maximum Gasteiger partial charge on any atom is 0.255 e. The highest BCUT2D eigenvalue weighted by Gasteiger charge is 2.24. The predicted octanol–water partition coefficient (Wildman–Crippen LogP) is 2.86. The molecule has 0 radical (unpaired) electrons. The second-order valence-electron chi connectivity index (χ2n) is 5.78. The number of amides is 1. The average molecular weight is 303 g/mol. The third kappa shape index (κ3) is 3.07. The first kappa shape index (κ1) is 14.4. The summed E-state index contributed by atoms with van der Waals surface area (Å²) in [6, 6.07) is 3.81. The van der Waals surface area contributed by atoms with Gasteiger partial charge in [-0.1, -0.05) is 0 Å². The molecule has 4 nitrogen and oxygen atoms in total. The van der Waals surface area contributed by atoms with Gasteiger partial charge in [-0.2, -0.15) is 11.8 Å². The standard InChI is InChI=1S/C16H21N3OS/c1-12-8-19-10-14(5-6-15(19)17-12)16(20)18-7-3-4-13(9-18)11-21-2/h5-6,8,10,13H,3-4,7,9,11H2,1-2H3. The molecule has 1 saturated heterocycles. The normalized spacial score (nSPS) is 19.1. The van der Waals surface area contributed by atoms with Crippen molar-refractivity contribution in [1.82, 2.24) is 14.3 Å². The van der Waals surface area contributed by atoms with Gasteiger partial charge in [0.1, 0.15) is 5.65 Å². The van der Waals surface area contributed by atoms with Crippen molar-refractivity contribution >= 4 is 23.3 Å². The fourth-order valence-corrected chi connectivity index (χ4v) is 3.79. The van der Waals surface area contributed by atoms with Gasteiger partial charge in [-0.3, -0.25) is 4.79 Å². The van der Waals surface area contributed by atoms with Gasteiger partial charge in [0.2, 0.25) is 0 Å². The maximum absolute atomic E-state index is 12.7. The van der Waals surface area contributed by atoms with Crippen molar-refractivity contribution in [2.24, 2.45) is 5.92 Å². The van der Waals surface area contributed by atoms with Crippen LogP contribution in [0.15, 0.2) is 24.5 Å². The van der Waals surface area contributed by atoms with E-state index in [0.717, 1.165) is 42.2 Å². The fraction of sp³-hybridized carbons (Fsp3) is 0.500.